The first-order valence-corrected chi connectivity index (χ1v) is 8.46. The minimum atomic E-state index is -0.471. The van der Waals surface area contributed by atoms with E-state index in [-0.39, 0.29) is 18.2 Å². The number of nitrogens with one attached hydrogen (secondary N) is 1. The Kier molecular flexibility index (Phi) is 5.49. The molecule has 0 saturated carbocycles. The molecule has 2 aromatic carbocycles. The average Bonchev–Trinajstić information content (AvgIpc) is 3.18. The number of carbonyl (C=O) groups excluding carboxylic acids is 2. The normalized spacial score (nSPS) is 10.3. The number of hydrogen-bond donors (Lipinski definition) is 1. The molecule has 5 nitrogen and oxygen atoms in total. The Labute approximate surface area is 152 Å². The third kappa shape index (κ3) is 4.00. The maximum Gasteiger partial charge on any atom is 0.354 e. The van der Waals surface area contributed by atoms with Gasteiger partial charge in [0.15, 0.2) is 0 Å². The number of para-hydroxylation sites is 1. The van der Waals surface area contributed by atoms with E-state index in [1.54, 1.807) is 24.0 Å². The van der Waals surface area contributed by atoms with E-state index in [1.807, 2.05) is 60.7 Å². The molecule has 0 unspecified atom stereocenters. The van der Waals surface area contributed by atoms with E-state index in [4.69, 9.17) is 4.74 Å². The lowest BCUT2D eigenvalue weighted by Gasteiger charge is -2.22. The number of H-pyrrole nitrogens is 1. The molecule has 0 saturated heterocycles. The molecule has 0 aliphatic rings. The quantitative estimate of drug-likeness (QED) is 0.684. The molecule has 0 radical (unpaired) electrons. The van der Waals surface area contributed by atoms with Gasteiger partial charge in [-0.1, -0.05) is 48.5 Å². The van der Waals surface area contributed by atoms with Gasteiger partial charge in [0.05, 0.1) is 13.2 Å². The standard InChI is InChI=1S/C21H20N2O3/c1-2-26-21(25)19-14-13-18(22-19)20(24)23(17-11-7-4-8-12-17)15-16-9-5-3-6-10-16/h3-14,22H,2,15H2,1H3. The summed E-state index contributed by atoms with van der Waals surface area (Å²) in [7, 11) is 0. The molecule has 1 heterocycles. The van der Waals surface area contributed by atoms with Crippen LogP contribution in [0.5, 0.6) is 0 Å². The Balaban J connectivity index is 1.89. The largest absolute Gasteiger partial charge is 0.461 e. The van der Waals surface area contributed by atoms with Crippen molar-refractivity contribution in [2.24, 2.45) is 0 Å². The Hall–Kier alpha value is -3.34. The van der Waals surface area contributed by atoms with Gasteiger partial charge in [-0.25, -0.2) is 4.79 Å². The maximum absolute atomic E-state index is 13.1. The van der Waals surface area contributed by atoms with Crippen molar-refractivity contribution in [3.8, 4) is 0 Å². The van der Waals surface area contributed by atoms with E-state index >= 15 is 0 Å². The highest BCUT2D eigenvalue weighted by Crippen LogP contribution is 2.20. The van der Waals surface area contributed by atoms with Crippen LogP contribution < -0.4 is 4.90 Å². The number of carbonyl (C=O) groups is 2. The number of benzene rings is 2. The number of aromatic nitrogens is 1. The number of nitrogens with zero attached hydrogens (tertiary/aromatic N) is 1. The zero-order chi connectivity index (χ0) is 18.4. The summed E-state index contributed by atoms with van der Waals surface area (Å²) in [5.41, 5.74) is 2.41. The predicted octanol–water partition coefficient (Wildman–Crippen LogP) is 4.04. The molecule has 132 valence electrons. The van der Waals surface area contributed by atoms with E-state index in [1.165, 1.54) is 0 Å². The number of rotatable bonds is 6. The zero-order valence-electron chi connectivity index (χ0n) is 14.5. The summed E-state index contributed by atoms with van der Waals surface area (Å²) in [4.78, 5) is 29.5. The second kappa shape index (κ2) is 8.16. The van der Waals surface area contributed by atoms with E-state index in [9.17, 15) is 9.59 Å². The van der Waals surface area contributed by atoms with Crippen LogP contribution in [0.15, 0.2) is 72.8 Å². The molecular weight excluding hydrogens is 328 g/mol. The molecule has 0 atom stereocenters. The van der Waals surface area contributed by atoms with Crippen LogP contribution in [-0.4, -0.2) is 23.5 Å². The summed E-state index contributed by atoms with van der Waals surface area (Å²) in [5.74, 6) is -0.684. The van der Waals surface area contributed by atoms with Crippen LogP contribution in [0.3, 0.4) is 0 Å². The van der Waals surface area contributed by atoms with Gasteiger partial charge in [-0.3, -0.25) is 4.79 Å². The molecule has 0 spiro atoms. The van der Waals surface area contributed by atoms with Crippen LogP contribution in [0.25, 0.3) is 0 Å². The highest BCUT2D eigenvalue weighted by atomic mass is 16.5. The van der Waals surface area contributed by atoms with Gasteiger partial charge in [-0.2, -0.15) is 0 Å². The molecule has 5 heteroatoms. The summed E-state index contributed by atoms with van der Waals surface area (Å²) in [5, 5.41) is 0. The fraction of sp³-hybridized carbons (Fsp3) is 0.143. The van der Waals surface area contributed by atoms with Crippen LogP contribution in [0, 0.1) is 0 Å². The number of hydrogen-bond acceptors (Lipinski definition) is 3. The fourth-order valence-corrected chi connectivity index (χ4v) is 2.65. The highest BCUT2D eigenvalue weighted by Gasteiger charge is 2.21. The molecular formula is C21H20N2O3. The summed E-state index contributed by atoms with van der Waals surface area (Å²) in [6, 6.07) is 22.4. The third-order valence-electron chi connectivity index (χ3n) is 3.91. The summed E-state index contributed by atoms with van der Waals surface area (Å²) >= 11 is 0. The first-order chi connectivity index (χ1) is 12.7. The topological polar surface area (TPSA) is 62.4 Å². The average molecular weight is 348 g/mol. The molecule has 1 aromatic heterocycles. The molecule has 26 heavy (non-hydrogen) atoms. The molecule has 1 N–H and O–H groups in total. The minimum Gasteiger partial charge on any atom is -0.461 e. The van der Waals surface area contributed by atoms with Gasteiger partial charge >= 0.3 is 5.97 Å². The van der Waals surface area contributed by atoms with E-state index in [2.05, 4.69) is 4.98 Å². The lowest BCUT2D eigenvalue weighted by atomic mass is 10.2. The lowest BCUT2D eigenvalue weighted by molar-refractivity contribution is 0.0520. The van der Waals surface area contributed by atoms with Gasteiger partial charge in [0, 0.05) is 5.69 Å². The van der Waals surface area contributed by atoms with Crippen molar-refractivity contribution in [3.05, 3.63) is 89.7 Å². The van der Waals surface area contributed by atoms with Gasteiger partial charge in [0.25, 0.3) is 5.91 Å². The summed E-state index contributed by atoms with van der Waals surface area (Å²) in [6.07, 6.45) is 0. The van der Waals surface area contributed by atoms with Crippen LogP contribution >= 0.6 is 0 Å². The number of anilines is 1. The van der Waals surface area contributed by atoms with E-state index < -0.39 is 5.97 Å². The summed E-state index contributed by atoms with van der Waals surface area (Å²) in [6.45, 7) is 2.45. The fourth-order valence-electron chi connectivity index (χ4n) is 2.65. The maximum atomic E-state index is 13.1. The van der Waals surface area contributed by atoms with Crippen molar-refractivity contribution < 1.29 is 14.3 Å². The Morgan fingerprint density at radius 3 is 2.15 bits per heavy atom. The molecule has 0 aliphatic heterocycles. The van der Waals surface area contributed by atoms with Gasteiger partial charge < -0.3 is 14.6 Å². The summed E-state index contributed by atoms with van der Waals surface area (Å²) < 4.78 is 4.97. The van der Waals surface area contributed by atoms with E-state index in [0.717, 1.165) is 11.3 Å². The van der Waals surface area contributed by atoms with Gasteiger partial charge in [0.2, 0.25) is 0 Å². The predicted molar refractivity (Wildman–Crippen MR) is 100 cm³/mol. The van der Waals surface area contributed by atoms with Gasteiger partial charge in [-0.15, -0.1) is 0 Å². The van der Waals surface area contributed by atoms with Crippen molar-refractivity contribution in [3.63, 3.8) is 0 Å². The van der Waals surface area contributed by atoms with Crippen molar-refractivity contribution in [2.75, 3.05) is 11.5 Å². The first-order valence-electron chi connectivity index (χ1n) is 8.46. The van der Waals surface area contributed by atoms with Gasteiger partial charge in [-0.05, 0) is 36.8 Å². The monoisotopic (exact) mass is 348 g/mol. The highest BCUT2D eigenvalue weighted by molar-refractivity contribution is 6.05. The molecule has 0 bridgehead atoms. The SMILES string of the molecule is CCOC(=O)c1ccc(C(=O)N(Cc2ccccc2)c2ccccc2)[nH]1. The van der Waals surface area contributed by atoms with Crippen LogP contribution in [-0.2, 0) is 11.3 Å². The second-order valence-corrected chi connectivity index (χ2v) is 5.72. The van der Waals surface area contributed by atoms with Crippen LogP contribution in [0.4, 0.5) is 5.69 Å². The molecule has 1 amide bonds. The van der Waals surface area contributed by atoms with Crippen LogP contribution in [0.2, 0.25) is 0 Å². The minimum absolute atomic E-state index is 0.212. The number of amides is 1. The third-order valence-corrected chi connectivity index (χ3v) is 3.91. The van der Waals surface area contributed by atoms with Crippen molar-refractivity contribution in [1.82, 2.24) is 4.98 Å². The molecule has 0 aliphatic carbocycles. The number of esters is 1. The second-order valence-electron chi connectivity index (χ2n) is 5.72. The molecule has 0 fully saturated rings. The molecule has 3 aromatic rings. The first kappa shape index (κ1) is 17.5. The number of ether oxygens (including phenoxy) is 1. The molecule has 3 rings (SSSR count). The Morgan fingerprint density at radius 2 is 1.50 bits per heavy atom. The van der Waals surface area contributed by atoms with Gasteiger partial charge in [0.1, 0.15) is 11.4 Å². The van der Waals surface area contributed by atoms with Crippen molar-refractivity contribution in [1.29, 1.82) is 0 Å². The zero-order valence-corrected chi connectivity index (χ0v) is 14.5. The van der Waals surface area contributed by atoms with Crippen molar-refractivity contribution in [2.45, 2.75) is 13.5 Å². The Morgan fingerprint density at radius 1 is 0.885 bits per heavy atom. The smallest absolute Gasteiger partial charge is 0.354 e. The van der Waals surface area contributed by atoms with Crippen molar-refractivity contribution >= 4 is 17.6 Å². The van der Waals surface area contributed by atoms with Crippen LogP contribution in [0.1, 0.15) is 33.5 Å². The number of aromatic amines is 1. The van der Waals surface area contributed by atoms with E-state index in [0.29, 0.717) is 12.2 Å². The Bertz CT molecular complexity index is 873. The lowest BCUT2D eigenvalue weighted by Crippen LogP contribution is -2.30.